The number of aryl methyl sites for hydroxylation is 2. The number of likely N-dealkylation sites (tertiary alicyclic amines) is 1. The molecule has 0 aliphatic carbocycles. The van der Waals surface area contributed by atoms with Gasteiger partial charge in [-0.15, -0.1) is 0 Å². The van der Waals surface area contributed by atoms with Crippen LogP contribution >= 0.6 is 0 Å². The number of hydrogen-bond acceptors (Lipinski definition) is 5. The minimum atomic E-state index is -1.78. The molecule has 2 aromatic rings. The summed E-state index contributed by atoms with van der Waals surface area (Å²) in [6.07, 6.45) is -0.107. The minimum absolute atomic E-state index is 0.0728. The van der Waals surface area contributed by atoms with Gasteiger partial charge < -0.3 is 14.8 Å². The van der Waals surface area contributed by atoms with E-state index in [9.17, 15) is 20.0 Å². The van der Waals surface area contributed by atoms with Gasteiger partial charge in [-0.3, -0.25) is 14.9 Å². The smallest absolute Gasteiger partial charge is 0.411 e. The number of hydrogen-bond donors (Lipinski definition) is 1. The van der Waals surface area contributed by atoms with Crippen LogP contribution in [0.3, 0.4) is 0 Å². The molecular weight excluding hydrogens is 434 g/mol. The Morgan fingerprint density at radius 1 is 1.21 bits per heavy atom. The molecule has 0 saturated carbocycles. The second-order valence-corrected chi connectivity index (χ2v) is 10.0. The van der Waals surface area contributed by atoms with Gasteiger partial charge in [0, 0.05) is 23.4 Å². The maximum absolute atomic E-state index is 14.4. The summed E-state index contributed by atoms with van der Waals surface area (Å²) < 4.78 is 5.67. The van der Waals surface area contributed by atoms with Gasteiger partial charge in [-0.05, 0) is 52.2 Å². The largest absolute Gasteiger partial charge is 0.444 e. The Labute approximate surface area is 199 Å². The van der Waals surface area contributed by atoms with Crippen LogP contribution in [0.5, 0.6) is 0 Å². The van der Waals surface area contributed by atoms with Crippen LogP contribution in [0.4, 0.5) is 10.5 Å². The summed E-state index contributed by atoms with van der Waals surface area (Å²) in [5.74, 6) is -0.449. The van der Waals surface area contributed by atoms with Gasteiger partial charge in [-0.1, -0.05) is 48.0 Å². The van der Waals surface area contributed by atoms with E-state index in [4.69, 9.17) is 4.74 Å². The first-order chi connectivity index (χ1) is 16.0. The van der Waals surface area contributed by atoms with E-state index in [1.54, 1.807) is 25.7 Å². The van der Waals surface area contributed by atoms with Crippen LogP contribution in [-0.4, -0.2) is 44.9 Å². The van der Waals surface area contributed by atoms with E-state index in [0.29, 0.717) is 17.7 Å². The van der Waals surface area contributed by atoms with Gasteiger partial charge in [-0.2, -0.15) is 0 Å². The van der Waals surface area contributed by atoms with Crippen LogP contribution in [0.2, 0.25) is 0 Å². The van der Waals surface area contributed by atoms with Crippen molar-refractivity contribution in [3.8, 4) is 0 Å². The molecule has 1 saturated heterocycles. The van der Waals surface area contributed by atoms with E-state index in [1.807, 2.05) is 56.3 Å². The molecule has 0 radical (unpaired) electrons. The molecule has 2 aliphatic heterocycles. The lowest BCUT2D eigenvalue weighted by Gasteiger charge is -2.41. The third-order valence-corrected chi connectivity index (χ3v) is 6.31. The van der Waals surface area contributed by atoms with Crippen molar-refractivity contribution in [1.29, 1.82) is 0 Å². The lowest BCUT2D eigenvalue weighted by molar-refractivity contribution is -0.728. The predicted molar refractivity (Wildman–Crippen MR) is 128 cm³/mol. The van der Waals surface area contributed by atoms with E-state index < -0.39 is 23.1 Å². The maximum atomic E-state index is 14.4. The number of rotatable bonds is 2. The maximum Gasteiger partial charge on any atom is 0.411 e. The fraction of sp³-hybridized carbons (Fsp3) is 0.423. The molecule has 2 heterocycles. The molecule has 2 aliphatic rings. The second-order valence-electron chi connectivity index (χ2n) is 10.0. The van der Waals surface area contributed by atoms with Crippen molar-refractivity contribution in [2.24, 2.45) is 0 Å². The zero-order chi connectivity index (χ0) is 24.8. The molecule has 4 rings (SSSR count). The quantitative estimate of drug-likeness (QED) is 0.402. The number of nitrogens with zero attached hydrogens (tertiary/aromatic N) is 3. The molecule has 1 atom stereocenters. The standard InChI is InChI=1S/C26H31N3O5/c1-17-14-18(2)22-20(15-17)26(23(30)27(22)16-19-10-7-6-8-11-19)21(29(32)33)12-9-13-28(26)24(31)34-25(3,4)5/h6-8,10-11,14-15H,9,12-13,16H2,1-5H3,(H,32,33). The van der Waals surface area contributed by atoms with Crippen molar-refractivity contribution in [2.75, 3.05) is 11.4 Å². The van der Waals surface area contributed by atoms with Crippen LogP contribution < -0.4 is 4.90 Å². The molecule has 0 bridgehead atoms. The second kappa shape index (κ2) is 8.34. The molecule has 2 aromatic carbocycles. The molecule has 1 spiro atoms. The zero-order valence-electron chi connectivity index (χ0n) is 20.3. The number of amides is 2. The fourth-order valence-corrected chi connectivity index (χ4v) is 5.15. The van der Waals surface area contributed by atoms with Crippen LogP contribution in [0, 0.1) is 19.1 Å². The molecule has 34 heavy (non-hydrogen) atoms. The van der Waals surface area contributed by atoms with Crippen molar-refractivity contribution in [2.45, 2.75) is 65.1 Å². The molecule has 0 aromatic heterocycles. The van der Waals surface area contributed by atoms with Gasteiger partial charge in [0.15, 0.2) is 0 Å². The number of benzene rings is 2. The molecule has 1 unspecified atom stereocenters. The van der Waals surface area contributed by atoms with E-state index in [-0.39, 0.29) is 30.1 Å². The first kappa shape index (κ1) is 23.6. The summed E-state index contributed by atoms with van der Waals surface area (Å²) in [7, 11) is 0. The highest BCUT2D eigenvalue weighted by atomic mass is 16.8. The predicted octanol–water partition coefficient (Wildman–Crippen LogP) is 4.42. The summed E-state index contributed by atoms with van der Waals surface area (Å²) in [6, 6.07) is 13.3. The molecule has 1 fully saturated rings. The molecule has 180 valence electrons. The van der Waals surface area contributed by atoms with Gasteiger partial charge >= 0.3 is 6.09 Å². The van der Waals surface area contributed by atoms with Gasteiger partial charge in [0.2, 0.25) is 5.54 Å². The van der Waals surface area contributed by atoms with E-state index in [0.717, 1.165) is 16.7 Å². The van der Waals surface area contributed by atoms with Crippen LogP contribution in [0.1, 0.15) is 55.9 Å². The number of anilines is 1. The van der Waals surface area contributed by atoms with Crippen LogP contribution in [0.25, 0.3) is 0 Å². The third kappa shape index (κ3) is 3.77. The number of carbonyl (C=O) groups is 2. The Morgan fingerprint density at radius 2 is 1.88 bits per heavy atom. The summed E-state index contributed by atoms with van der Waals surface area (Å²) in [5, 5.41) is 22.7. The zero-order valence-corrected chi connectivity index (χ0v) is 20.3. The average Bonchev–Trinajstić information content (AvgIpc) is 2.97. The molecular formula is C26H31N3O5. The molecule has 8 nitrogen and oxygen atoms in total. The van der Waals surface area contributed by atoms with Gasteiger partial charge in [0.05, 0.1) is 12.2 Å². The Kier molecular flexibility index (Phi) is 5.79. The Balaban J connectivity index is 1.98. The summed E-state index contributed by atoms with van der Waals surface area (Å²) in [5.41, 5.74) is 1.14. The lowest BCUT2D eigenvalue weighted by atomic mass is 9.78. The number of ether oxygens (including phenoxy) is 1. The first-order valence-electron chi connectivity index (χ1n) is 11.5. The third-order valence-electron chi connectivity index (χ3n) is 6.31. The van der Waals surface area contributed by atoms with Gasteiger partial charge in [0.1, 0.15) is 5.60 Å². The van der Waals surface area contributed by atoms with Crippen molar-refractivity contribution in [1.82, 2.24) is 4.90 Å². The number of piperidine rings is 1. The monoisotopic (exact) mass is 465 g/mol. The molecule has 8 heteroatoms. The minimum Gasteiger partial charge on any atom is -0.444 e. The SMILES string of the molecule is Cc1cc(C)c2c(c1)C1(C(=O)N2Cc2ccccc2)/C(=[N+](/[O-])O)CCCN1C(=O)OC(C)(C)C. The summed E-state index contributed by atoms with van der Waals surface area (Å²) in [4.78, 5) is 30.5. The van der Waals surface area contributed by atoms with Crippen LogP contribution in [-0.2, 0) is 21.6 Å². The van der Waals surface area contributed by atoms with Gasteiger partial charge in [0.25, 0.3) is 11.6 Å². The summed E-state index contributed by atoms with van der Waals surface area (Å²) in [6.45, 7) is 9.53. The summed E-state index contributed by atoms with van der Waals surface area (Å²) >= 11 is 0. The Morgan fingerprint density at radius 3 is 2.50 bits per heavy atom. The highest BCUT2D eigenvalue weighted by Crippen LogP contribution is 2.50. The van der Waals surface area contributed by atoms with Crippen LogP contribution in [0.15, 0.2) is 42.5 Å². The Hall–Kier alpha value is -3.55. The Bertz CT molecular complexity index is 1160. The fourth-order valence-electron chi connectivity index (χ4n) is 5.15. The number of fused-ring (bicyclic) bond motifs is 2. The average molecular weight is 466 g/mol. The van der Waals surface area contributed by atoms with Crippen molar-refractivity contribution in [3.05, 3.63) is 69.9 Å². The lowest BCUT2D eigenvalue weighted by Crippen LogP contribution is -2.64. The molecule has 2 amide bonds. The van der Waals surface area contributed by atoms with E-state index >= 15 is 0 Å². The topological polar surface area (TPSA) is 96.1 Å². The highest BCUT2D eigenvalue weighted by molar-refractivity contribution is 6.24. The molecule has 1 N–H and O–H groups in total. The van der Waals surface area contributed by atoms with E-state index in [2.05, 4.69) is 0 Å². The first-order valence-corrected chi connectivity index (χ1v) is 11.5. The van der Waals surface area contributed by atoms with Gasteiger partial charge in [-0.25, -0.2) is 4.79 Å². The van der Waals surface area contributed by atoms with E-state index in [1.165, 1.54) is 4.90 Å². The van der Waals surface area contributed by atoms with Crippen molar-refractivity contribution in [3.63, 3.8) is 0 Å². The number of carbonyl (C=O) groups excluding carboxylic acids is 2. The van der Waals surface area contributed by atoms with Crippen molar-refractivity contribution < 1.29 is 24.4 Å². The van der Waals surface area contributed by atoms with Crippen molar-refractivity contribution >= 4 is 23.4 Å². The normalized spacial score (nSPS) is 21.6. The highest BCUT2D eigenvalue weighted by Gasteiger charge is 2.66.